The molecule has 1 aliphatic heterocycles. The van der Waals surface area contributed by atoms with Crippen LogP contribution in [0.5, 0.6) is 0 Å². The Morgan fingerprint density at radius 2 is 2.23 bits per heavy atom. The van der Waals surface area contributed by atoms with Gasteiger partial charge in [0.2, 0.25) is 0 Å². The van der Waals surface area contributed by atoms with E-state index in [1.807, 2.05) is 6.07 Å². The maximum absolute atomic E-state index is 12.6. The number of nitrogens with zero attached hydrogens (tertiary/aromatic N) is 2. The fourth-order valence-corrected chi connectivity index (χ4v) is 2.70. The average Bonchev–Trinajstić information content (AvgIpc) is 3.18. The molecule has 7 nitrogen and oxygen atoms in total. The molecule has 0 saturated heterocycles. The lowest BCUT2D eigenvalue weighted by molar-refractivity contribution is -0.126. The van der Waals surface area contributed by atoms with Crippen LogP contribution < -0.4 is 10.6 Å². The van der Waals surface area contributed by atoms with E-state index in [4.69, 9.17) is 4.52 Å². The van der Waals surface area contributed by atoms with Crippen LogP contribution >= 0.6 is 0 Å². The summed E-state index contributed by atoms with van der Waals surface area (Å²) in [6.45, 7) is 3.91. The molecule has 3 amide bonds. The van der Waals surface area contributed by atoms with Crippen molar-refractivity contribution in [2.75, 3.05) is 7.05 Å². The molecule has 1 aliphatic carbocycles. The van der Waals surface area contributed by atoms with E-state index in [2.05, 4.69) is 15.8 Å². The molecule has 7 heteroatoms. The van der Waals surface area contributed by atoms with Gasteiger partial charge in [0, 0.05) is 24.7 Å². The molecule has 2 N–H and O–H groups in total. The predicted octanol–water partition coefficient (Wildman–Crippen LogP) is 1.49. The zero-order valence-electron chi connectivity index (χ0n) is 13.0. The van der Waals surface area contributed by atoms with Gasteiger partial charge in [0.25, 0.3) is 5.91 Å². The van der Waals surface area contributed by atoms with Crippen molar-refractivity contribution in [3.63, 3.8) is 0 Å². The molecule has 1 unspecified atom stereocenters. The molecule has 0 spiro atoms. The van der Waals surface area contributed by atoms with Crippen LogP contribution in [0.4, 0.5) is 4.79 Å². The number of rotatable bonds is 4. The van der Waals surface area contributed by atoms with Gasteiger partial charge in [0.15, 0.2) is 0 Å². The first-order valence-corrected chi connectivity index (χ1v) is 7.45. The minimum Gasteiger partial charge on any atom is -0.361 e. The van der Waals surface area contributed by atoms with Crippen LogP contribution in [-0.2, 0) is 11.3 Å². The van der Waals surface area contributed by atoms with Gasteiger partial charge >= 0.3 is 6.03 Å². The van der Waals surface area contributed by atoms with Crippen LogP contribution in [0.25, 0.3) is 0 Å². The SMILES string of the molecule is CC1=C(C(=O)N(C)Cc2cc(C3CC3)on2)C(C)NC(=O)N1. The number of aromatic nitrogens is 1. The standard InChI is InChI=1S/C15H20N4O3/c1-8-13(9(2)17-15(21)16-8)14(20)19(3)7-11-6-12(22-18-11)10-4-5-10/h6,8,10H,4-5,7H2,1-3H3,(H2,16,17,21). The molecule has 22 heavy (non-hydrogen) atoms. The zero-order valence-corrected chi connectivity index (χ0v) is 13.0. The first-order valence-electron chi connectivity index (χ1n) is 7.45. The summed E-state index contributed by atoms with van der Waals surface area (Å²) in [6.07, 6.45) is 2.30. The van der Waals surface area contributed by atoms with Gasteiger partial charge in [-0.2, -0.15) is 0 Å². The first kappa shape index (κ1) is 14.6. The molecule has 1 fully saturated rings. The number of hydrogen-bond acceptors (Lipinski definition) is 4. The Kier molecular flexibility index (Phi) is 3.64. The van der Waals surface area contributed by atoms with Gasteiger partial charge in [0.05, 0.1) is 18.2 Å². The molecule has 0 aromatic carbocycles. The third-order valence-corrected chi connectivity index (χ3v) is 4.02. The maximum Gasteiger partial charge on any atom is 0.319 e. The molecule has 1 atom stereocenters. The number of urea groups is 1. The minimum atomic E-state index is -0.317. The van der Waals surface area contributed by atoms with Crippen LogP contribution in [0.15, 0.2) is 21.9 Å². The van der Waals surface area contributed by atoms with E-state index in [0.29, 0.717) is 23.7 Å². The van der Waals surface area contributed by atoms with E-state index in [1.54, 1.807) is 25.8 Å². The number of carbonyl (C=O) groups excluding carboxylic acids is 2. The highest BCUT2D eigenvalue weighted by molar-refractivity contribution is 5.98. The Morgan fingerprint density at radius 3 is 2.86 bits per heavy atom. The van der Waals surface area contributed by atoms with Crippen molar-refractivity contribution in [2.45, 2.75) is 45.2 Å². The van der Waals surface area contributed by atoms with Gasteiger partial charge in [-0.05, 0) is 26.7 Å². The number of allylic oxidation sites excluding steroid dienone is 1. The van der Waals surface area contributed by atoms with Crippen LogP contribution in [0.2, 0.25) is 0 Å². The molecule has 0 bridgehead atoms. The van der Waals surface area contributed by atoms with Crippen molar-refractivity contribution in [3.05, 3.63) is 28.8 Å². The van der Waals surface area contributed by atoms with Crippen molar-refractivity contribution < 1.29 is 14.1 Å². The lowest BCUT2D eigenvalue weighted by atomic mass is 10.0. The molecule has 1 saturated carbocycles. The van der Waals surface area contributed by atoms with Crippen molar-refractivity contribution in [3.8, 4) is 0 Å². The Bertz CT molecular complexity index is 645. The zero-order chi connectivity index (χ0) is 15.9. The van der Waals surface area contributed by atoms with Gasteiger partial charge in [-0.1, -0.05) is 5.16 Å². The van der Waals surface area contributed by atoms with Crippen molar-refractivity contribution in [2.24, 2.45) is 0 Å². The second kappa shape index (κ2) is 5.47. The smallest absolute Gasteiger partial charge is 0.319 e. The number of hydrogen-bond donors (Lipinski definition) is 2. The number of amides is 3. The van der Waals surface area contributed by atoms with E-state index < -0.39 is 0 Å². The molecule has 1 aromatic rings. The predicted molar refractivity (Wildman–Crippen MR) is 78.8 cm³/mol. The second-order valence-corrected chi connectivity index (χ2v) is 6.01. The fraction of sp³-hybridized carbons (Fsp3) is 0.533. The van der Waals surface area contributed by atoms with Gasteiger partial charge in [-0.25, -0.2) is 4.79 Å². The summed E-state index contributed by atoms with van der Waals surface area (Å²) >= 11 is 0. The van der Waals surface area contributed by atoms with Gasteiger partial charge < -0.3 is 20.1 Å². The monoisotopic (exact) mass is 304 g/mol. The second-order valence-electron chi connectivity index (χ2n) is 6.01. The Morgan fingerprint density at radius 1 is 1.50 bits per heavy atom. The Balaban J connectivity index is 1.70. The van der Waals surface area contributed by atoms with Gasteiger partial charge in [0.1, 0.15) is 11.5 Å². The van der Waals surface area contributed by atoms with E-state index >= 15 is 0 Å². The third kappa shape index (κ3) is 2.84. The summed E-state index contributed by atoms with van der Waals surface area (Å²) in [5, 5.41) is 9.36. The van der Waals surface area contributed by atoms with Crippen molar-refractivity contribution >= 4 is 11.9 Å². The van der Waals surface area contributed by atoms with Crippen molar-refractivity contribution in [1.82, 2.24) is 20.7 Å². The lowest BCUT2D eigenvalue weighted by Gasteiger charge is -2.28. The molecule has 1 aromatic heterocycles. The van der Waals surface area contributed by atoms with E-state index in [9.17, 15) is 9.59 Å². The quantitative estimate of drug-likeness (QED) is 0.882. The molecule has 2 heterocycles. The number of carbonyl (C=O) groups is 2. The van der Waals surface area contributed by atoms with Gasteiger partial charge in [-0.15, -0.1) is 0 Å². The topological polar surface area (TPSA) is 87.5 Å². The summed E-state index contributed by atoms with van der Waals surface area (Å²) in [7, 11) is 1.72. The summed E-state index contributed by atoms with van der Waals surface area (Å²) in [5.74, 6) is 1.28. The highest BCUT2D eigenvalue weighted by atomic mass is 16.5. The highest BCUT2D eigenvalue weighted by Crippen LogP contribution is 2.40. The maximum atomic E-state index is 12.6. The lowest BCUT2D eigenvalue weighted by Crippen LogP contribution is -2.50. The number of nitrogens with one attached hydrogen (secondary N) is 2. The summed E-state index contributed by atoms with van der Waals surface area (Å²) in [6, 6.07) is 1.32. The molecule has 0 radical (unpaired) electrons. The summed E-state index contributed by atoms with van der Waals surface area (Å²) < 4.78 is 5.30. The largest absolute Gasteiger partial charge is 0.361 e. The van der Waals surface area contributed by atoms with Crippen LogP contribution in [0.1, 0.15) is 44.1 Å². The fourth-order valence-electron chi connectivity index (χ4n) is 2.70. The van der Waals surface area contributed by atoms with Crippen LogP contribution in [0.3, 0.4) is 0 Å². The summed E-state index contributed by atoms with van der Waals surface area (Å²) in [4.78, 5) is 25.6. The highest BCUT2D eigenvalue weighted by Gasteiger charge is 2.30. The first-order chi connectivity index (χ1) is 10.5. The van der Waals surface area contributed by atoms with Crippen molar-refractivity contribution in [1.29, 1.82) is 0 Å². The minimum absolute atomic E-state index is 0.131. The Hall–Kier alpha value is -2.31. The Labute approximate surface area is 128 Å². The molecular formula is C15H20N4O3. The number of likely N-dealkylation sites (N-methyl/N-ethyl adjacent to an activating group) is 1. The normalized spacial score (nSPS) is 21.4. The van der Waals surface area contributed by atoms with E-state index in [0.717, 1.165) is 24.3 Å². The van der Waals surface area contributed by atoms with Gasteiger partial charge in [-0.3, -0.25) is 4.79 Å². The molecular weight excluding hydrogens is 284 g/mol. The van der Waals surface area contributed by atoms with Crippen LogP contribution in [0, 0.1) is 0 Å². The average molecular weight is 304 g/mol. The third-order valence-electron chi connectivity index (χ3n) is 4.02. The molecule has 2 aliphatic rings. The van der Waals surface area contributed by atoms with Crippen LogP contribution in [-0.4, -0.2) is 35.1 Å². The summed E-state index contributed by atoms with van der Waals surface area (Å²) in [5.41, 5.74) is 1.90. The van der Waals surface area contributed by atoms with E-state index in [-0.39, 0.29) is 18.0 Å². The van der Waals surface area contributed by atoms with E-state index in [1.165, 1.54) is 0 Å². The molecule has 118 valence electrons. The molecule has 3 rings (SSSR count).